The van der Waals surface area contributed by atoms with Crippen LogP contribution in [-0.2, 0) is 16.0 Å². The molecule has 2 N–H and O–H groups in total. The third kappa shape index (κ3) is 2.66. The van der Waals surface area contributed by atoms with E-state index in [4.69, 9.17) is 9.47 Å². The quantitative estimate of drug-likeness (QED) is 0.493. The number of esters is 1. The standard InChI is InChI=1S/C15H20O5/c1-3-4-5-6-10-13-9(8-12(16)20-10)7-11(19-2)14(17)15(13)18/h7,10,17-18H,3-6,8H2,1-2H3/t10-/m0/s1. The molecule has 1 aliphatic heterocycles. The van der Waals surface area contributed by atoms with Crippen LogP contribution in [0.15, 0.2) is 6.07 Å². The van der Waals surface area contributed by atoms with E-state index in [1.54, 1.807) is 6.07 Å². The number of fused-ring (bicyclic) bond motifs is 1. The van der Waals surface area contributed by atoms with Gasteiger partial charge in [-0.15, -0.1) is 0 Å². The highest BCUT2D eigenvalue weighted by molar-refractivity contribution is 5.77. The highest BCUT2D eigenvalue weighted by atomic mass is 16.5. The molecule has 0 radical (unpaired) electrons. The number of unbranched alkanes of at least 4 members (excludes halogenated alkanes) is 2. The molecule has 0 saturated carbocycles. The number of cyclic esters (lactones) is 1. The zero-order valence-electron chi connectivity index (χ0n) is 11.8. The van der Waals surface area contributed by atoms with Crippen LogP contribution in [0.4, 0.5) is 0 Å². The molecular weight excluding hydrogens is 260 g/mol. The lowest BCUT2D eigenvalue weighted by Gasteiger charge is -2.27. The Hall–Kier alpha value is -1.91. The van der Waals surface area contributed by atoms with Gasteiger partial charge in [0, 0.05) is 5.56 Å². The molecule has 1 aliphatic rings. The van der Waals surface area contributed by atoms with Crippen molar-refractivity contribution in [3.63, 3.8) is 0 Å². The van der Waals surface area contributed by atoms with Gasteiger partial charge in [0.15, 0.2) is 11.5 Å². The van der Waals surface area contributed by atoms with Crippen LogP contribution >= 0.6 is 0 Å². The Balaban J connectivity index is 2.37. The fraction of sp³-hybridized carbons (Fsp3) is 0.533. The minimum atomic E-state index is -0.491. The van der Waals surface area contributed by atoms with E-state index in [9.17, 15) is 15.0 Å². The summed E-state index contributed by atoms with van der Waals surface area (Å²) in [6.07, 6.45) is 3.24. The molecular formula is C15H20O5. The molecule has 0 amide bonds. The summed E-state index contributed by atoms with van der Waals surface area (Å²) in [5.74, 6) is -0.688. The molecule has 1 aromatic carbocycles. The molecule has 0 aliphatic carbocycles. The van der Waals surface area contributed by atoms with Crippen LogP contribution in [0.1, 0.15) is 49.8 Å². The molecule has 0 aromatic heterocycles. The van der Waals surface area contributed by atoms with E-state index in [1.165, 1.54) is 7.11 Å². The van der Waals surface area contributed by atoms with Gasteiger partial charge in [0.2, 0.25) is 5.75 Å². The van der Waals surface area contributed by atoms with Gasteiger partial charge in [0.05, 0.1) is 13.5 Å². The first-order valence-electron chi connectivity index (χ1n) is 6.89. The summed E-state index contributed by atoms with van der Waals surface area (Å²) in [5, 5.41) is 20.0. The normalized spacial score (nSPS) is 17.5. The van der Waals surface area contributed by atoms with Gasteiger partial charge in [-0.2, -0.15) is 0 Å². The predicted molar refractivity (Wildman–Crippen MR) is 73.0 cm³/mol. The Bertz CT molecular complexity index is 509. The van der Waals surface area contributed by atoms with E-state index >= 15 is 0 Å². The maximum absolute atomic E-state index is 11.7. The van der Waals surface area contributed by atoms with Gasteiger partial charge in [0.25, 0.3) is 0 Å². The zero-order valence-corrected chi connectivity index (χ0v) is 11.8. The van der Waals surface area contributed by atoms with E-state index < -0.39 is 6.10 Å². The van der Waals surface area contributed by atoms with Gasteiger partial charge in [-0.3, -0.25) is 4.79 Å². The molecule has 110 valence electrons. The van der Waals surface area contributed by atoms with Crippen molar-refractivity contribution in [1.82, 2.24) is 0 Å². The first-order valence-corrected chi connectivity index (χ1v) is 6.89. The number of phenolic OH excluding ortho intramolecular Hbond substituents is 2. The Morgan fingerprint density at radius 2 is 2.10 bits per heavy atom. The monoisotopic (exact) mass is 280 g/mol. The average molecular weight is 280 g/mol. The van der Waals surface area contributed by atoms with Crippen LogP contribution < -0.4 is 4.74 Å². The maximum Gasteiger partial charge on any atom is 0.310 e. The van der Waals surface area contributed by atoms with Crippen molar-refractivity contribution in [3.8, 4) is 17.2 Å². The molecule has 20 heavy (non-hydrogen) atoms. The lowest BCUT2D eigenvalue weighted by Crippen LogP contribution is -2.21. The summed E-state index contributed by atoms with van der Waals surface area (Å²) in [5.41, 5.74) is 1.17. The Labute approximate surface area is 118 Å². The first kappa shape index (κ1) is 14.5. The molecule has 0 spiro atoms. The van der Waals surface area contributed by atoms with E-state index in [0.29, 0.717) is 17.5 Å². The van der Waals surface area contributed by atoms with Gasteiger partial charge in [-0.1, -0.05) is 19.8 Å². The minimum Gasteiger partial charge on any atom is -0.504 e. The van der Waals surface area contributed by atoms with Gasteiger partial charge < -0.3 is 19.7 Å². The average Bonchev–Trinajstić information content (AvgIpc) is 2.42. The summed E-state index contributed by atoms with van der Waals surface area (Å²) < 4.78 is 10.3. The van der Waals surface area contributed by atoms with Crippen molar-refractivity contribution in [2.24, 2.45) is 0 Å². The fourth-order valence-electron chi connectivity index (χ4n) is 2.56. The van der Waals surface area contributed by atoms with Crippen molar-refractivity contribution in [1.29, 1.82) is 0 Å². The van der Waals surface area contributed by atoms with Crippen LogP contribution in [0.2, 0.25) is 0 Å². The molecule has 0 fully saturated rings. The van der Waals surface area contributed by atoms with Crippen LogP contribution in [-0.4, -0.2) is 23.3 Å². The third-order valence-electron chi connectivity index (χ3n) is 3.58. The van der Waals surface area contributed by atoms with Crippen LogP contribution in [0.25, 0.3) is 0 Å². The Morgan fingerprint density at radius 1 is 1.35 bits per heavy atom. The molecule has 1 heterocycles. The lowest BCUT2D eigenvalue weighted by atomic mass is 9.92. The Kier molecular flexibility index (Phi) is 4.37. The van der Waals surface area contributed by atoms with Crippen molar-refractivity contribution in [2.75, 3.05) is 7.11 Å². The van der Waals surface area contributed by atoms with Crippen molar-refractivity contribution >= 4 is 5.97 Å². The second kappa shape index (κ2) is 6.03. The maximum atomic E-state index is 11.7. The van der Waals surface area contributed by atoms with Crippen LogP contribution in [0.5, 0.6) is 17.2 Å². The minimum absolute atomic E-state index is 0.0871. The van der Waals surface area contributed by atoms with E-state index in [1.807, 2.05) is 0 Å². The van der Waals surface area contributed by atoms with E-state index in [-0.39, 0.29) is 29.6 Å². The van der Waals surface area contributed by atoms with Crippen LogP contribution in [0.3, 0.4) is 0 Å². The molecule has 5 nitrogen and oxygen atoms in total. The second-order valence-corrected chi connectivity index (χ2v) is 5.00. The summed E-state index contributed by atoms with van der Waals surface area (Å²) in [6, 6.07) is 1.59. The summed E-state index contributed by atoms with van der Waals surface area (Å²) >= 11 is 0. The predicted octanol–water partition coefficient (Wildman–Crippen LogP) is 2.83. The SMILES string of the molecule is CCCCC[C@@H]1OC(=O)Cc2cc(OC)c(O)c(O)c21. The van der Waals surface area contributed by atoms with Crippen molar-refractivity contribution < 1.29 is 24.5 Å². The second-order valence-electron chi connectivity index (χ2n) is 5.00. The number of aromatic hydroxyl groups is 2. The lowest BCUT2D eigenvalue weighted by molar-refractivity contribution is -0.150. The largest absolute Gasteiger partial charge is 0.504 e. The van der Waals surface area contributed by atoms with Gasteiger partial charge in [-0.05, 0) is 24.5 Å². The smallest absolute Gasteiger partial charge is 0.310 e. The summed E-state index contributed by atoms with van der Waals surface area (Å²) in [6.45, 7) is 2.09. The van der Waals surface area contributed by atoms with Gasteiger partial charge in [0.1, 0.15) is 6.10 Å². The highest BCUT2D eigenvalue weighted by Crippen LogP contribution is 2.46. The first-order chi connectivity index (χ1) is 9.58. The molecule has 0 saturated heterocycles. The molecule has 1 atom stereocenters. The van der Waals surface area contributed by atoms with E-state index in [2.05, 4.69) is 6.92 Å². The zero-order chi connectivity index (χ0) is 14.7. The number of rotatable bonds is 5. The van der Waals surface area contributed by atoms with Crippen molar-refractivity contribution in [3.05, 3.63) is 17.2 Å². The van der Waals surface area contributed by atoms with Gasteiger partial charge >= 0.3 is 5.97 Å². The number of hydrogen-bond acceptors (Lipinski definition) is 5. The molecule has 0 unspecified atom stereocenters. The number of hydrogen-bond donors (Lipinski definition) is 2. The van der Waals surface area contributed by atoms with Crippen LogP contribution in [0, 0.1) is 0 Å². The topological polar surface area (TPSA) is 76.0 Å². The van der Waals surface area contributed by atoms with E-state index in [0.717, 1.165) is 19.3 Å². The molecule has 0 bridgehead atoms. The fourth-order valence-corrected chi connectivity index (χ4v) is 2.56. The van der Waals surface area contributed by atoms with Crippen molar-refractivity contribution in [2.45, 2.75) is 45.1 Å². The number of ether oxygens (including phenoxy) is 2. The van der Waals surface area contributed by atoms with Gasteiger partial charge in [-0.25, -0.2) is 0 Å². The number of carbonyl (C=O) groups excluding carboxylic acids is 1. The Morgan fingerprint density at radius 3 is 2.75 bits per heavy atom. The molecule has 1 aromatic rings. The third-order valence-corrected chi connectivity index (χ3v) is 3.58. The summed E-state index contributed by atoms with van der Waals surface area (Å²) in [7, 11) is 1.40. The number of methoxy groups -OCH3 is 1. The number of phenols is 2. The summed E-state index contributed by atoms with van der Waals surface area (Å²) in [4.78, 5) is 11.7. The highest BCUT2D eigenvalue weighted by Gasteiger charge is 2.32. The number of carbonyl (C=O) groups is 1. The molecule has 5 heteroatoms. The number of benzene rings is 1. The molecule has 2 rings (SSSR count).